The van der Waals surface area contributed by atoms with Crippen LogP contribution in [0.5, 0.6) is 0 Å². The summed E-state index contributed by atoms with van der Waals surface area (Å²) >= 11 is 2.29. The van der Waals surface area contributed by atoms with Crippen LogP contribution >= 0.6 is 22.6 Å². The molecule has 3 rings (SSSR count). The molecule has 0 radical (unpaired) electrons. The Kier molecular flexibility index (Phi) is 5.08. The first-order valence-corrected chi connectivity index (χ1v) is 9.21. The van der Waals surface area contributed by atoms with Crippen LogP contribution in [-0.2, 0) is 0 Å². The first-order valence-electron chi connectivity index (χ1n) is 8.13. The van der Waals surface area contributed by atoms with Gasteiger partial charge in [-0.2, -0.15) is 5.10 Å². The number of aromatic nitrogens is 4. The Hall–Kier alpha value is -0.720. The van der Waals surface area contributed by atoms with Gasteiger partial charge < -0.3 is 0 Å². The van der Waals surface area contributed by atoms with E-state index in [1.165, 1.54) is 57.8 Å². The van der Waals surface area contributed by atoms with Crippen molar-refractivity contribution in [3.63, 3.8) is 0 Å². The van der Waals surface area contributed by atoms with Crippen LogP contribution in [0.1, 0.15) is 69.7 Å². The van der Waals surface area contributed by atoms with E-state index in [9.17, 15) is 0 Å². The SMILES string of the molecule is Cc1nc(I)c2cn(C3CCCCCCCCC3)nc2n1. The quantitative estimate of drug-likeness (QED) is 0.512. The molecule has 1 fully saturated rings. The smallest absolute Gasteiger partial charge is 0.185 e. The molecule has 1 aliphatic rings. The van der Waals surface area contributed by atoms with E-state index in [4.69, 9.17) is 5.10 Å². The van der Waals surface area contributed by atoms with E-state index in [1.807, 2.05) is 6.92 Å². The maximum absolute atomic E-state index is 4.75. The molecule has 114 valence electrons. The molecule has 0 aliphatic heterocycles. The summed E-state index contributed by atoms with van der Waals surface area (Å²) in [5, 5.41) is 5.84. The predicted octanol–water partition coefficient (Wildman–Crippen LogP) is 4.80. The summed E-state index contributed by atoms with van der Waals surface area (Å²) in [5.74, 6) is 0.808. The molecular formula is C16H23IN4. The zero-order chi connectivity index (χ0) is 14.7. The monoisotopic (exact) mass is 398 g/mol. The Morgan fingerprint density at radius 2 is 1.62 bits per heavy atom. The minimum atomic E-state index is 0.536. The van der Waals surface area contributed by atoms with Gasteiger partial charge in [0.2, 0.25) is 0 Å². The molecule has 0 aromatic carbocycles. The molecule has 0 bridgehead atoms. The van der Waals surface area contributed by atoms with Crippen molar-refractivity contribution in [3.8, 4) is 0 Å². The number of rotatable bonds is 1. The van der Waals surface area contributed by atoms with Crippen LogP contribution in [0.4, 0.5) is 0 Å². The first kappa shape index (κ1) is 15.2. The number of fused-ring (bicyclic) bond motifs is 1. The molecule has 4 nitrogen and oxygen atoms in total. The highest BCUT2D eigenvalue weighted by Gasteiger charge is 2.16. The Bertz CT molecular complexity index is 598. The van der Waals surface area contributed by atoms with E-state index in [1.54, 1.807) is 0 Å². The van der Waals surface area contributed by atoms with Crippen molar-refractivity contribution in [1.29, 1.82) is 0 Å². The second-order valence-corrected chi connectivity index (χ2v) is 7.14. The average Bonchev–Trinajstić information content (AvgIpc) is 2.88. The van der Waals surface area contributed by atoms with Gasteiger partial charge in [0.1, 0.15) is 9.53 Å². The Morgan fingerprint density at radius 3 is 2.29 bits per heavy atom. The summed E-state index contributed by atoms with van der Waals surface area (Å²) in [5.41, 5.74) is 0.851. The number of aryl methyl sites for hydroxylation is 1. The highest BCUT2D eigenvalue weighted by Crippen LogP contribution is 2.27. The molecule has 5 heteroatoms. The van der Waals surface area contributed by atoms with E-state index in [0.29, 0.717) is 6.04 Å². The van der Waals surface area contributed by atoms with Gasteiger partial charge in [-0.3, -0.25) is 4.68 Å². The lowest BCUT2D eigenvalue weighted by molar-refractivity contribution is 0.358. The number of nitrogens with zero attached hydrogens (tertiary/aromatic N) is 4. The lowest BCUT2D eigenvalue weighted by Gasteiger charge is -2.18. The summed E-state index contributed by atoms with van der Waals surface area (Å²) < 4.78 is 3.18. The standard InChI is InChI=1S/C16H23IN4/c1-12-18-15(17)14-11-21(20-16(14)19-12)13-9-7-5-3-2-4-6-8-10-13/h11,13H,2-10H2,1H3. The molecule has 0 atom stereocenters. The van der Waals surface area contributed by atoms with Crippen molar-refractivity contribution in [3.05, 3.63) is 15.7 Å². The van der Waals surface area contributed by atoms with Crippen molar-refractivity contribution >= 4 is 33.6 Å². The van der Waals surface area contributed by atoms with Crippen LogP contribution in [0, 0.1) is 10.6 Å². The van der Waals surface area contributed by atoms with Gasteiger partial charge in [0.25, 0.3) is 0 Å². The van der Waals surface area contributed by atoms with Crippen molar-refractivity contribution in [2.75, 3.05) is 0 Å². The van der Waals surface area contributed by atoms with E-state index >= 15 is 0 Å². The fraction of sp³-hybridized carbons (Fsp3) is 0.688. The van der Waals surface area contributed by atoms with Crippen LogP contribution < -0.4 is 0 Å². The van der Waals surface area contributed by atoms with E-state index in [0.717, 1.165) is 20.6 Å². The van der Waals surface area contributed by atoms with Crippen LogP contribution in [0.2, 0.25) is 0 Å². The summed E-state index contributed by atoms with van der Waals surface area (Å²) in [6.45, 7) is 1.93. The third-order valence-electron chi connectivity index (χ3n) is 4.41. The molecule has 0 spiro atoms. The molecule has 2 aromatic heterocycles. The molecular weight excluding hydrogens is 375 g/mol. The highest BCUT2D eigenvalue weighted by atomic mass is 127. The average molecular weight is 398 g/mol. The van der Waals surface area contributed by atoms with Gasteiger partial charge in [-0.05, 0) is 42.4 Å². The summed E-state index contributed by atoms with van der Waals surface area (Å²) in [6.07, 6.45) is 14.3. The molecule has 21 heavy (non-hydrogen) atoms. The summed E-state index contributed by atoms with van der Waals surface area (Å²) in [6, 6.07) is 0.536. The van der Waals surface area contributed by atoms with Gasteiger partial charge in [-0.1, -0.05) is 44.9 Å². The van der Waals surface area contributed by atoms with E-state index < -0.39 is 0 Å². The maximum atomic E-state index is 4.75. The normalized spacial score (nSPS) is 19.0. The number of hydrogen-bond donors (Lipinski definition) is 0. The van der Waals surface area contributed by atoms with Crippen molar-refractivity contribution in [2.45, 2.75) is 70.8 Å². The number of hydrogen-bond acceptors (Lipinski definition) is 3. The molecule has 2 aromatic rings. The van der Waals surface area contributed by atoms with Gasteiger partial charge in [0.15, 0.2) is 5.65 Å². The number of halogens is 1. The maximum Gasteiger partial charge on any atom is 0.185 e. The second-order valence-electron chi connectivity index (χ2n) is 6.11. The van der Waals surface area contributed by atoms with Gasteiger partial charge >= 0.3 is 0 Å². The van der Waals surface area contributed by atoms with Crippen LogP contribution in [0.25, 0.3) is 11.0 Å². The lowest BCUT2D eigenvalue weighted by Crippen LogP contribution is -2.10. The molecule has 0 N–H and O–H groups in total. The van der Waals surface area contributed by atoms with E-state index in [-0.39, 0.29) is 0 Å². The molecule has 0 unspecified atom stereocenters. The third kappa shape index (κ3) is 3.73. The molecule has 0 saturated heterocycles. The van der Waals surface area contributed by atoms with Gasteiger partial charge in [-0.15, -0.1) is 0 Å². The molecule has 0 amide bonds. The van der Waals surface area contributed by atoms with Crippen molar-refractivity contribution < 1.29 is 0 Å². The minimum Gasteiger partial charge on any atom is -0.267 e. The summed E-state index contributed by atoms with van der Waals surface area (Å²) in [7, 11) is 0. The van der Waals surface area contributed by atoms with Crippen LogP contribution in [0.3, 0.4) is 0 Å². The lowest BCUT2D eigenvalue weighted by atomic mass is 9.97. The molecule has 1 aliphatic carbocycles. The van der Waals surface area contributed by atoms with Crippen LogP contribution in [-0.4, -0.2) is 19.7 Å². The third-order valence-corrected chi connectivity index (χ3v) is 5.23. The topological polar surface area (TPSA) is 43.6 Å². The van der Waals surface area contributed by atoms with Gasteiger partial charge in [-0.25, -0.2) is 9.97 Å². The Labute approximate surface area is 139 Å². The fourth-order valence-electron chi connectivity index (χ4n) is 3.23. The van der Waals surface area contributed by atoms with Crippen molar-refractivity contribution in [2.24, 2.45) is 0 Å². The highest BCUT2D eigenvalue weighted by molar-refractivity contribution is 14.1. The van der Waals surface area contributed by atoms with Gasteiger partial charge in [0, 0.05) is 6.20 Å². The minimum absolute atomic E-state index is 0.536. The molecule has 2 heterocycles. The predicted molar refractivity (Wildman–Crippen MR) is 93.4 cm³/mol. The summed E-state index contributed by atoms with van der Waals surface area (Å²) in [4.78, 5) is 8.92. The largest absolute Gasteiger partial charge is 0.267 e. The van der Waals surface area contributed by atoms with Crippen molar-refractivity contribution in [1.82, 2.24) is 19.7 Å². The zero-order valence-electron chi connectivity index (χ0n) is 12.7. The molecule has 1 saturated carbocycles. The fourth-order valence-corrected chi connectivity index (χ4v) is 3.96. The van der Waals surface area contributed by atoms with Gasteiger partial charge in [0.05, 0.1) is 11.4 Å². The second kappa shape index (κ2) is 7.03. The zero-order valence-corrected chi connectivity index (χ0v) is 14.8. The van der Waals surface area contributed by atoms with E-state index in [2.05, 4.69) is 43.4 Å². The Balaban J connectivity index is 1.84. The first-order chi connectivity index (χ1) is 10.2. The Morgan fingerprint density at radius 1 is 1.00 bits per heavy atom. The van der Waals surface area contributed by atoms with Crippen LogP contribution in [0.15, 0.2) is 6.20 Å².